The van der Waals surface area contributed by atoms with Crippen molar-refractivity contribution in [1.82, 2.24) is 9.47 Å². The molecule has 1 saturated heterocycles. The van der Waals surface area contributed by atoms with Crippen LogP contribution in [-0.4, -0.2) is 33.7 Å². The van der Waals surface area contributed by atoms with Crippen LogP contribution in [-0.2, 0) is 11.2 Å². The quantitative estimate of drug-likeness (QED) is 0.360. The fraction of sp³-hybridized carbons (Fsp3) is 0.286. The fourth-order valence-corrected chi connectivity index (χ4v) is 5.29. The summed E-state index contributed by atoms with van der Waals surface area (Å²) in [5.74, 6) is 0.811. The molecular weight excluding hydrogens is 442 g/mol. The number of likely N-dealkylation sites (N-methyl/N-ethyl adjacent to an activating group) is 1. The van der Waals surface area contributed by atoms with Gasteiger partial charge in [-0.05, 0) is 99.5 Å². The third kappa shape index (κ3) is 4.68. The summed E-state index contributed by atoms with van der Waals surface area (Å²) in [4.78, 5) is 20.4. The number of benzene rings is 2. The molecule has 1 amide bonds. The molecule has 176 valence electrons. The lowest BCUT2D eigenvalue weighted by Gasteiger charge is -2.14. The van der Waals surface area contributed by atoms with E-state index in [0.29, 0.717) is 23.2 Å². The maximum atomic E-state index is 13.2. The SMILES string of the molecule is CCOc1ccc(N=C2S/C(=C\c3cc(C)n(-c4ccccc4CC)c3C)C(=O)N2CC)cc1. The van der Waals surface area contributed by atoms with Gasteiger partial charge in [0.05, 0.1) is 17.2 Å². The van der Waals surface area contributed by atoms with Crippen molar-refractivity contribution in [3.05, 3.63) is 82.0 Å². The molecule has 0 spiro atoms. The lowest BCUT2D eigenvalue weighted by atomic mass is 10.1. The normalized spacial score (nSPS) is 16.1. The second-order valence-corrected chi connectivity index (χ2v) is 9.13. The Labute approximate surface area is 206 Å². The van der Waals surface area contributed by atoms with Crippen LogP contribution < -0.4 is 4.74 Å². The Kier molecular flexibility index (Phi) is 7.27. The van der Waals surface area contributed by atoms with E-state index in [-0.39, 0.29) is 5.91 Å². The van der Waals surface area contributed by atoms with Crippen LogP contribution in [0.2, 0.25) is 0 Å². The predicted octanol–water partition coefficient (Wildman–Crippen LogP) is 6.68. The highest BCUT2D eigenvalue weighted by atomic mass is 32.2. The highest BCUT2D eigenvalue weighted by molar-refractivity contribution is 8.18. The van der Waals surface area contributed by atoms with Gasteiger partial charge in [-0.3, -0.25) is 9.69 Å². The Hall–Kier alpha value is -3.25. The van der Waals surface area contributed by atoms with Gasteiger partial charge in [-0.15, -0.1) is 0 Å². The summed E-state index contributed by atoms with van der Waals surface area (Å²) in [6.45, 7) is 11.5. The number of amides is 1. The van der Waals surface area contributed by atoms with E-state index in [0.717, 1.165) is 34.8 Å². The standard InChI is InChI=1S/C28H31N3O2S/c1-6-21-11-9-10-12-25(21)31-19(4)17-22(20(31)5)18-26-27(32)30(7-2)28(34-26)29-23-13-15-24(16-14-23)33-8-3/h9-18H,6-8H2,1-5H3/b26-18-,29-28?. The summed E-state index contributed by atoms with van der Waals surface area (Å²) < 4.78 is 7.79. The van der Waals surface area contributed by atoms with Crippen LogP contribution in [0.5, 0.6) is 5.75 Å². The number of rotatable bonds is 7. The molecule has 2 heterocycles. The van der Waals surface area contributed by atoms with Crippen LogP contribution in [0.3, 0.4) is 0 Å². The number of nitrogens with zero attached hydrogens (tertiary/aromatic N) is 3. The average molecular weight is 474 g/mol. The zero-order valence-electron chi connectivity index (χ0n) is 20.5. The van der Waals surface area contributed by atoms with Gasteiger partial charge in [-0.25, -0.2) is 4.99 Å². The fourth-order valence-electron chi connectivity index (χ4n) is 4.24. The number of ether oxygens (including phenoxy) is 1. The van der Waals surface area contributed by atoms with Gasteiger partial charge >= 0.3 is 0 Å². The maximum Gasteiger partial charge on any atom is 0.266 e. The van der Waals surface area contributed by atoms with Gasteiger partial charge in [0, 0.05) is 23.6 Å². The van der Waals surface area contributed by atoms with Crippen molar-refractivity contribution in [3.63, 3.8) is 0 Å². The van der Waals surface area contributed by atoms with Crippen molar-refractivity contribution < 1.29 is 9.53 Å². The Morgan fingerprint density at radius 2 is 1.76 bits per heavy atom. The molecule has 0 aliphatic carbocycles. The number of hydrogen-bond acceptors (Lipinski definition) is 4. The van der Waals surface area contributed by atoms with Gasteiger partial charge in [-0.2, -0.15) is 0 Å². The summed E-state index contributed by atoms with van der Waals surface area (Å²) in [6.07, 6.45) is 2.97. The van der Waals surface area contributed by atoms with Crippen molar-refractivity contribution >= 4 is 34.6 Å². The molecule has 6 heteroatoms. The van der Waals surface area contributed by atoms with Crippen LogP contribution >= 0.6 is 11.8 Å². The van der Waals surface area contributed by atoms with E-state index in [1.807, 2.05) is 44.2 Å². The van der Waals surface area contributed by atoms with E-state index in [4.69, 9.17) is 9.73 Å². The first-order valence-electron chi connectivity index (χ1n) is 11.8. The number of carbonyl (C=O) groups excluding carboxylic acids is 1. The molecule has 2 aromatic carbocycles. The van der Waals surface area contributed by atoms with E-state index in [9.17, 15) is 4.79 Å². The zero-order valence-corrected chi connectivity index (χ0v) is 21.3. The summed E-state index contributed by atoms with van der Waals surface area (Å²) in [5.41, 5.74) is 6.63. The van der Waals surface area contributed by atoms with Crippen molar-refractivity contribution in [2.75, 3.05) is 13.2 Å². The minimum Gasteiger partial charge on any atom is -0.494 e. The first-order chi connectivity index (χ1) is 16.5. The number of carbonyl (C=O) groups is 1. The summed E-state index contributed by atoms with van der Waals surface area (Å²) >= 11 is 1.43. The van der Waals surface area contributed by atoms with Crippen molar-refractivity contribution in [1.29, 1.82) is 0 Å². The van der Waals surface area contributed by atoms with Crippen LogP contribution in [0.25, 0.3) is 11.8 Å². The van der Waals surface area contributed by atoms with Crippen LogP contribution in [0.4, 0.5) is 5.69 Å². The van der Waals surface area contributed by atoms with E-state index >= 15 is 0 Å². The summed E-state index contributed by atoms with van der Waals surface area (Å²) in [5, 5.41) is 0.702. The van der Waals surface area contributed by atoms with E-state index in [1.54, 1.807) is 4.90 Å². The number of amidine groups is 1. The number of thioether (sulfide) groups is 1. The first-order valence-corrected chi connectivity index (χ1v) is 12.6. The highest BCUT2D eigenvalue weighted by Gasteiger charge is 2.32. The van der Waals surface area contributed by atoms with Crippen molar-refractivity contribution in [3.8, 4) is 11.4 Å². The topological polar surface area (TPSA) is 46.8 Å². The minimum atomic E-state index is -0.00375. The largest absolute Gasteiger partial charge is 0.494 e. The molecule has 1 fully saturated rings. The zero-order chi connectivity index (χ0) is 24.2. The average Bonchev–Trinajstić information content (AvgIpc) is 3.29. The molecule has 1 aliphatic heterocycles. The second-order valence-electron chi connectivity index (χ2n) is 8.13. The molecular formula is C28H31N3O2S. The number of aryl methyl sites for hydroxylation is 2. The van der Waals surface area contributed by atoms with Crippen LogP contribution in [0.1, 0.15) is 43.3 Å². The van der Waals surface area contributed by atoms with Gasteiger partial charge in [0.25, 0.3) is 5.91 Å². The molecule has 1 aliphatic rings. The summed E-state index contributed by atoms with van der Waals surface area (Å²) in [7, 11) is 0. The highest BCUT2D eigenvalue weighted by Crippen LogP contribution is 2.35. The smallest absolute Gasteiger partial charge is 0.266 e. The van der Waals surface area contributed by atoms with Gasteiger partial charge in [0.1, 0.15) is 5.75 Å². The lowest BCUT2D eigenvalue weighted by molar-refractivity contribution is -0.122. The number of hydrogen-bond donors (Lipinski definition) is 0. The van der Waals surface area contributed by atoms with Crippen LogP contribution in [0, 0.1) is 13.8 Å². The molecule has 0 saturated carbocycles. The van der Waals surface area contributed by atoms with Crippen LogP contribution in [0.15, 0.2) is 64.5 Å². The summed E-state index contributed by atoms with van der Waals surface area (Å²) in [6, 6.07) is 18.3. The molecule has 4 rings (SSSR count). The minimum absolute atomic E-state index is 0.00375. The molecule has 0 bridgehead atoms. The lowest BCUT2D eigenvalue weighted by Crippen LogP contribution is -2.28. The Morgan fingerprint density at radius 3 is 2.44 bits per heavy atom. The molecule has 0 N–H and O–H groups in total. The predicted molar refractivity (Wildman–Crippen MR) is 142 cm³/mol. The Morgan fingerprint density at radius 1 is 1.03 bits per heavy atom. The molecule has 0 atom stereocenters. The van der Waals surface area contributed by atoms with Gasteiger partial charge in [-0.1, -0.05) is 25.1 Å². The third-order valence-corrected chi connectivity index (χ3v) is 6.95. The monoisotopic (exact) mass is 473 g/mol. The Balaban J connectivity index is 1.67. The van der Waals surface area contributed by atoms with Gasteiger partial charge in [0.15, 0.2) is 5.17 Å². The molecule has 1 aromatic heterocycles. The van der Waals surface area contributed by atoms with Crippen molar-refractivity contribution in [2.45, 2.75) is 41.0 Å². The Bertz CT molecular complexity index is 1260. The van der Waals surface area contributed by atoms with Crippen molar-refractivity contribution in [2.24, 2.45) is 4.99 Å². The van der Waals surface area contributed by atoms with E-state index in [1.165, 1.54) is 23.0 Å². The molecule has 5 nitrogen and oxygen atoms in total. The number of para-hydroxylation sites is 1. The maximum absolute atomic E-state index is 13.2. The molecule has 34 heavy (non-hydrogen) atoms. The second kappa shape index (κ2) is 10.3. The third-order valence-electron chi connectivity index (χ3n) is 5.95. The molecule has 3 aromatic rings. The number of aliphatic imine (C=N–C) groups is 1. The number of aromatic nitrogens is 1. The van der Waals surface area contributed by atoms with Gasteiger partial charge in [0.2, 0.25) is 0 Å². The first kappa shape index (κ1) is 23.9. The van der Waals surface area contributed by atoms with E-state index < -0.39 is 0 Å². The van der Waals surface area contributed by atoms with Gasteiger partial charge < -0.3 is 9.30 Å². The van der Waals surface area contributed by atoms with E-state index in [2.05, 4.69) is 55.7 Å². The molecule has 0 radical (unpaired) electrons. The molecule has 0 unspecified atom stereocenters.